The van der Waals surface area contributed by atoms with Gasteiger partial charge in [0.15, 0.2) is 46.0 Å². The number of esters is 1. The number of aliphatic hydroxyl groups excluding tert-OH is 4. The van der Waals surface area contributed by atoms with Crippen LogP contribution in [0, 0.1) is 11.8 Å². The zero-order valence-corrected chi connectivity index (χ0v) is 83.9. The van der Waals surface area contributed by atoms with E-state index >= 15 is 0 Å². The normalized spacial score (nSPS) is 27.3. The highest BCUT2D eigenvalue weighted by atomic mass is 16.6. The number of ketones is 4. The molecule has 28 heteroatoms. The Labute approximate surface area is 855 Å². The smallest absolute Gasteiger partial charge is 0.343 e. The average Bonchev–Trinajstić information content (AvgIpc) is 1.50. The summed E-state index contributed by atoms with van der Waals surface area (Å²) in [4.78, 5) is 82.8. The third-order valence-electron chi connectivity index (χ3n) is 37.0. The van der Waals surface area contributed by atoms with Crippen molar-refractivity contribution in [2.75, 3.05) is 48.6 Å². The van der Waals surface area contributed by atoms with Gasteiger partial charge in [-0.15, -0.1) is 0 Å². The number of likely N-dealkylation sites (N-methyl/N-ethyl adjacent to an activating group) is 1. The third kappa shape index (κ3) is 11.0. The van der Waals surface area contributed by atoms with E-state index in [0.717, 1.165) is 214 Å². The number of hydrogen-bond acceptors (Lipinski definition) is 19. The Hall–Kier alpha value is -14.6. The zero-order chi connectivity index (χ0) is 102. The van der Waals surface area contributed by atoms with Gasteiger partial charge in [0, 0.05) is 215 Å². The standard InChI is InChI=1S/C36H31N3O4.2C29H27N3O4.C28H22N2O5/c1-36-34(42-3)26(37(2)35(41)20-11-5-4-6-12-20)19-28(43-36)38-24-15-9-7-13-21(24)31-30-23(17-18-27(30)40)29-22-14-8-10-16-25(22)39(36)33(29)32(31)38;2*1-29-16(13-33)17(30-2)11-22(36-29)31-18-9-5-3-7-14(18)23-25-20(34)12-21(35)26(25)24-15-8-4-6-10-19(15)32(29)28(24)27(23)31;1-27-28(33,26(32)34-2)13-20(35-27)29-17-9-5-3-7-14(17)23-22-16(11-12-19(22)31)21-15-8-4-6-10-18(15)30(27)25(21)24(23)29/h4-16,26,28,34H,17-19H2,1-3H3;2*3-10,16-17,21-22,30,33,35H,11-13H2,1-2H3;3-10,20,33H,11-13H2,1-2H3/t26-,28-,34-,36+;2*16-,17-,21-,22-,29+;20-,27+,28+/m1111/s1. The maximum absolute atomic E-state index is 13.9. The number of nitrogens with one attached hydrogen (secondary N) is 2. The largest absolute Gasteiger partial charge is 0.467 e. The molecular weight excluding hydrogens is 1890 g/mol. The minimum Gasteiger partial charge on any atom is -0.467 e. The van der Waals surface area contributed by atoms with Crippen molar-refractivity contribution in [1.82, 2.24) is 52.1 Å². The predicted molar refractivity (Wildman–Crippen MR) is 573 cm³/mol. The van der Waals surface area contributed by atoms with Crippen LogP contribution in [0.1, 0.15) is 190 Å². The number of methoxy groups -OCH3 is 2. The first-order valence-corrected chi connectivity index (χ1v) is 52.3. The Kier molecular flexibility index (Phi) is 18.9. The van der Waals surface area contributed by atoms with E-state index in [2.05, 4.69) is 148 Å². The van der Waals surface area contributed by atoms with E-state index < -0.39 is 65.2 Å². The molecule has 1 amide bonds. The number of ether oxygens (including phenoxy) is 6. The first-order chi connectivity index (χ1) is 72.8. The quantitative estimate of drug-likeness (QED) is 0.0695. The summed E-state index contributed by atoms with van der Waals surface area (Å²) in [7, 11) is 8.77. The Bertz CT molecular complexity index is 9510. The lowest BCUT2D eigenvalue weighted by Crippen LogP contribution is -2.61. The van der Waals surface area contributed by atoms with Crippen LogP contribution in [0.25, 0.3) is 174 Å². The molecule has 7 N–H and O–H groups in total. The number of amides is 1. The van der Waals surface area contributed by atoms with Crippen LogP contribution in [-0.4, -0.2) is 180 Å². The number of hydrogen-bond donors (Lipinski definition) is 7. The molecule has 4 aliphatic carbocycles. The van der Waals surface area contributed by atoms with Crippen LogP contribution in [0.3, 0.4) is 0 Å². The Morgan fingerprint density at radius 2 is 0.713 bits per heavy atom. The number of nitrogens with zero attached hydrogens (tertiary/aromatic N) is 9. The van der Waals surface area contributed by atoms with E-state index in [4.69, 9.17) is 28.4 Å². The lowest BCUT2D eigenvalue weighted by Gasteiger charge is -2.50. The molecule has 4 saturated heterocycles. The SMILES string of the molecule is CN[C@@H]1C[C@H]2O[C@@](C)([C@@H]1CO)n1c3ccccc3c3c4c(c5c6ccccc6n2c5c31)C(=O)C[C@H]4O.CN[C@@H]1C[C@H]2O[C@@](C)([C@@H]1CO)n1c3ccccc3c3c4c(c5c6ccccc6n2c5c31)C(=O)C[C@H]4O.COC(=O)[C@@]1(O)C[C@H]2O[C@]1(C)n1c3ccccc3c3c4c(c5c6ccccc6n2c5c31)C(=O)CC4.CO[C@@H]1[C@H](N(C)C(=O)c2ccccc2)C[C@H]2O[C@]1(C)n1c3ccccc3c3c4c(c5c6ccccc6n2c5c31)C(=O)CC4. The molecule has 0 unspecified atom stereocenters. The Balaban J connectivity index is 0.0000000922. The fraction of sp³-hybridized carbons (Fsp3) is 0.311. The number of benzene rings is 13. The molecule has 21 aromatic rings. The summed E-state index contributed by atoms with van der Waals surface area (Å²) in [6, 6.07) is 74.6. The molecule has 16 heterocycles. The Morgan fingerprint density at radius 3 is 1.10 bits per heavy atom. The van der Waals surface area contributed by atoms with Gasteiger partial charge in [0.1, 0.15) is 31.0 Å². The highest BCUT2D eigenvalue weighted by molar-refractivity contribution is 6.37. The van der Waals surface area contributed by atoms with Gasteiger partial charge in [-0.25, -0.2) is 4.79 Å². The van der Waals surface area contributed by atoms with Crippen LogP contribution in [0.5, 0.6) is 0 Å². The van der Waals surface area contributed by atoms with Gasteiger partial charge in [0.05, 0.1) is 127 Å². The van der Waals surface area contributed by atoms with E-state index in [1.807, 2.05) is 170 Å². The monoisotopic (exact) mass is 2000 g/mol. The van der Waals surface area contributed by atoms with Gasteiger partial charge in [-0.05, 0) is 126 Å². The van der Waals surface area contributed by atoms with Crippen molar-refractivity contribution in [3.05, 3.63) is 275 Å². The van der Waals surface area contributed by atoms with Gasteiger partial charge < -0.3 is 106 Å². The lowest BCUT2D eigenvalue weighted by molar-refractivity contribution is -0.264. The van der Waals surface area contributed by atoms with Crippen molar-refractivity contribution in [3.8, 4) is 0 Å². The van der Waals surface area contributed by atoms with E-state index in [9.17, 15) is 54.3 Å². The number of aliphatic hydroxyl groups is 5. The van der Waals surface area contributed by atoms with Crippen molar-refractivity contribution >= 4 is 209 Å². The van der Waals surface area contributed by atoms with Crippen molar-refractivity contribution in [2.24, 2.45) is 11.8 Å². The molecule has 28 nitrogen and oxygen atoms in total. The maximum Gasteiger partial charge on any atom is 0.343 e. The number of fused-ring (bicyclic) bond motifs is 52. The molecule has 17 atom stereocenters. The summed E-state index contributed by atoms with van der Waals surface area (Å²) in [6.45, 7) is 7.96. The zero-order valence-electron chi connectivity index (χ0n) is 83.9. The van der Waals surface area contributed by atoms with Gasteiger partial charge >= 0.3 is 5.97 Å². The molecule has 0 saturated carbocycles. The van der Waals surface area contributed by atoms with Crippen LogP contribution in [0.15, 0.2) is 224 Å². The summed E-state index contributed by atoms with van der Waals surface area (Å²) in [5.41, 5.74) is 16.8. The summed E-state index contributed by atoms with van der Waals surface area (Å²) in [5.74, 6) is -0.847. The molecule has 150 heavy (non-hydrogen) atoms. The Morgan fingerprint density at radius 1 is 0.387 bits per heavy atom. The summed E-state index contributed by atoms with van der Waals surface area (Å²) in [6.07, 6.45) is 0.731. The molecule has 33 rings (SSSR count). The molecule has 12 aliphatic rings. The van der Waals surface area contributed by atoms with Gasteiger partial charge in [0.25, 0.3) is 5.91 Å². The second-order valence-corrected chi connectivity index (χ2v) is 43.7. The number of para-hydroxylation sites is 8. The molecule has 4 fully saturated rings. The first-order valence-electron chi connectivity index (χ1n) is 52.3. The van der Waals surface area contributed by atoms with Crippen molar-refractivity contribution in [1.29, 1.82) is 0 Å². The van der Waals surface area contributed by atoms with E-state index in [1.54, 1.807) is 14.0 Å². The number of Topliss-reactive ketones (excluding diaryl/α,β-unsaturated/α-hetero) is 4. The minimum absolute atomic E-state index is 0.0135. The predicted octanol–water partition coefficient (Wildman–Crippen LogP) is 20.0. The van der Waals surface area contributed by atoms with Crippen molar-refractivity contribution in [2.45, 2.75) is 182 Å². The van der Waals surface area contributed by atoms with Crippen molar-refractivity contribution in [3.63, 3.8) is 0 Å². The number of aryl methyl sites for hydroxylation is 2. The second-order valence-electron chi connectivity index (χ2n) is 43.7. The summed E-state index contributed by atoms with van der Waals surface area (Å²) in [5, 5.41) is 78.6. The van der Waals surface area contributed by atoms with Gasteiger partial charge in [-0.1, -0.05) is 164 Å². The maximum atomic E-state index is 13.9. The highest BCUT2D eigenvalue weighted by Crippen LogP contribution is 2.64. The molecule has 0 radical (unpaired) electrons. The molecule has 752 valence electrons. The highest BCUT2D eigenvalue weighted by Gasteiger charge is 2.67. The first kappa shape index (κ1) is 90.5. The van der Waals surface area contributed by atoms with E-state index in [1.165, 1.54) is 7.11 Å². The number of rotatable bonds is 8. The average molecular weight is 2000 g/mol. The number of aromatic nitrogens is 8. The summed E-state index contributed by atoms with van der Waals surface area (Å²) >= 11 is 0. The molecule has 8 aliphatic heterocycles. The van der Waals surface area contributed by atoms with Gasteiger partial charge in [0.2, 0.25) is 5.60 Å². The van der Waals surface area contributed by atoms with E-state index in [-0.39, 0.29) is 104 Å². The lowest BCUT2D eigenvalue weighted by atomic mass is 9.84. The molecule has 13 aromatic carbocycles. The van der Waals surface area contributed by atoms with Crippen LogP contribution < -0.4 is 10.6 Å². The fourth-order valence-electron chi connectivity index (χ4n) is 31.0. The van der Waals surface area contributed by atoms with Crippen LogP contribution in [0.2, 0.25) is 0 Å². The van der Waals surface area contributed by atoms with Crippen molar-refractivity contribution < 1.29 is 82.7 Å². The number of carbonyl (C=O) groups is 6. The molecular formula is C122H107N11O17. The minimum atomic E-state index is -1.91. The van der Waals surface area contributed by atoms with Crippen LogP contribution in [-0.2, 0) is 69.0 Å². The van der Waals surface area contributed by atoms with Gasteiger partial charge in [-0.2, -0.15) is 0 Å². The molecule has 0 spiro atoms. The number of carbonyl (C=O) groups excluding carboxylic acids is 6. The molecule has 8 aromatic heterocycles. The second kappa shape index (κ2) is 31.3. The molecule has 8 bridgehead atoms. The van der Waals surface area contributed by atoms with Gasteiger partial charge in [-0.3, -0.25) is 24.0 Å². The third-order valence-corrected chi connectivity index (χ3v) is 37.0. The van der Waals surface area contributed by atoms with E-state index in [0.29, 0.717) is 55.2 Å². The van der Waals surface area contributed by atoms with Crippen LogP contribution >= 0.6 is 0 Å². The topological polar surface area (TPSA) is 326 Å². The fourth-order valence-corrected chi connectivity index (χ4v) is 31.0. The summed E-state index contributed by atoms with van der Waals surface area (Å²) < 4.78 is 57.2. The van der Waals surface area contributed by atoms with Crippen LogP contribution in [0.4, 0.5) is 0 Å².